The van der Waals surface area contributed by atoms with Gasteiger partial charge in [0.1, 0.15) is 17.0 Å². The second kappa shape index (κ2) is 11.8. The van der Waals surface area contributed by atoms with Gasteiger partial charge in [0.25, 0.3) is 5.69 Å². The van der Waals surface area contributed by atoms with Gasteiger partial charge < -0.3 is 29.2 Å². The summed E-state index contributed by atoms with van der Waals surface area (Å²) in [5.74, 6) is 0.0151. The summed E-state index contributed by atoms with van der Waals surface area (Å²) in [7, 11) is 6.92. The normalized spacial score (nSPS) is 16.7. The van der Waals surface area contributed by atoms with Gasteiger partial charge in [-0.15, -0.1) is 0 Å². The third kappa shape index (κ3) is 5.41. The van der Waals surface area contributed by atoms with Gasteiger partial charge in [-0.25, -0.2) is 14.8 Å². The molecule has 230 valence electrons. The van der Waals surface area contributed by atoms with Gasteiger partial charge in [-0.2, -0.15) is 0 Å². The van der Waals surface area contributed by atoms with E-state index in [0.717, 1.165) is 55.5 Å². The number of anilines is 3. The van der Waals surface area contributed by atoms with Crippen molar-refractivity contribution in [2.75, 3.05) is 57.7 Å². The molecule has 1 spiro atoms. The molecule has 0 bridgehead atoms. The largest absolute Gasteiger partial charge is 0.494 e. The maximum Gasteiger partial charge on any atom is 0.341 e. The van der Waals surface area contributed by atoms with Crippen LogP contribution < -0.4 is 15.0 Å². The molecule has 0 unspecified atom stereocenters. The van der Waals surface area contributed by atoms with Crippen molar-refractivity contribution in [2.45, 2.75) is 25.7 Å². The average Bonchev–Trinajstić information content (AvgIpc) is 3.38. The average molecular weight is 600 g/mol. The summed E-state index contributed by atoms with van der Waals surface area (Å²) in [5, 5.41) is 16.4. The number of para-hydroxylation sites is 1. The van der Waals surface area contributed by atoms with Crippen molar-refractivity contribution in [1.29, 1.82) is 0 Å². The molecular weight excluding hydrogens is 562 g/mol. The Morgan fingerprint density at radius 1 is 1.05 bits per heavy atom. The number of carbonyl (C=O) groups is 1. The molecule has 2 aromatic heterocycles. The minimum absolute atomic E-state index is 0.0203. The Labute approximate surface area is 255 Å². The quantitative estimate of drug-likeness (QED) is 0.168. The molecule has 2 saturated heterocycles. The van der Waals surface area contributed by atoms with Crippen molar-refractivity contribution < 1.29 is 19.2 Å². The summed E-state index contributed by atoms with van der Waals surface area (Å²) in [5.41, 5.74) is 3.47. The predicted octanol–water partition coefficient (Wildman–Crippen LogP) is 5.39. The molecule has 4 aromatic rings. The van der Waals surface area contributed by atoms with Gasteiger partial charge in [-0.3, -0.25) is 10.1 Å². The highest BCUT2D eigenvalue weighted by atomic mass is 16.6. The second-order valence-electron chi connectivity index (χ2n) is 11.8. The van der Waals surface area contributed by atoms with Gasteiger partial charge in [0, 0.05) is 61.1 Å². The molecule has 0 atom stereocenters. The zero-order chi connectivity index (χ0) is 31.0. The first kappa shape index (κ1) is 29.4. The van der Waals surface area contributed by atoms with E-state index in [-0.39, 0.29) is 22.1 Å². The van der Waals surface area contributed by atoms with Crippen LogP contribution in [0.2, 0.25) is 0 Å². The molecule has 6 rings (SSSR count). The number of carbonyl (C=O) groups excluding carboxylic acids is 1. The third-order valence-electron chi connectivity index (χ3n) is 9.30. The van der Waals surface area contributed by atoms with E-state index >= 15 is 0 Å². The molecule has 2 fully saturated rings. The van der Waals surface area contributed by atoms with Crippen LogP contribution in [0.5, 0.6) is 5.75 Å². The highest BCUT2D eigenvalue weighted by Crippen LogP contribution is 2.45. The number of aryl methyl sites for hydroxylation is 1. The monoisotopic (exact) mass is 599 g/mol. The fraction of sp³-hybridized carbons (Fsp3) is 0.406. The summed E-state index contributed by atoms with van der Waals surface area (Å²) in [6, 6.07) is 11.0. The van der Waals surface area contributed by atoms with Gasteiger partial charge in [0.2, 0.25) is 5.95 Å². The number of nitrogens with one attached hydrogen (secondary N) is 1. The fourth-order valence-corrected chi connectivity index (χ4v) is 6.60. The SMILES string of the molecule is COC(=O)c1cnc(Nc2cc([N+](=O)[O-])c(N3CCC4(CCN(C)CC4)CC3)cc2OC)nc1-c1cn(C)c2ccccc12. The lowest BCUT2D eigenvalue weighted by atomic mass is 9.71. The molecule has 12 heteroatoms. The van der Waals surface area contributed by atoms with Crippen molar-refractivity contribution in [3.63, 3.8) is 0 Å². The number of fused-ring (bicyclic) bond motifs is 1. The molecule has 0 saturated carbocycles. The van der Waals surface area contributed by atoms with E-state index in [0.29, 0.717) is 28.2 Å². The molecule has 0 aliphatic carbocycles. The van der Waals surface area contributed by atoms with Gasteiger partial charge in [-0.1, -0.05) is 18.2 Å². The minimum Gasteiger partial charge on any atom is -0.494 e. The van der Waals surface area contributed by atoms with E-state index in [4.69, 9.17) is 14.5 Å². The minimum atomic E-state index is -0.569. The summed E-state index contributed by atoms with van der Waals surface area (Å²) in [6.07, 6.45) is 7.66. The van der Waals surface area contributed by atoms with Crippen molar-refractivity contribution in [3.8, 4) is 17.0 Å². The molecule has 2 aliphatic heterocycles. The van der Waals surface area contributed by atoms with Crippen LogP contribution in [0.4, 0.5) is 23.0 Å². The first-order chi connectivity index (χ1) is 21.2. The first-order valence-corrected chi connectivity index (χ1v) is 14.8. The predicted molar refractivity (Wildman–Crippen MR) is 169 cm³/mol. The Balaban J connectivity index is 1.34. The van der Waals surface area contributed by atoms with E-state index in [1.54, 1.807) is 6.07 Å². The van der Waals surface area contributed by atoms with Crippen molar-refractivity contribution in [2.24, 2.45) is 12.5 Å². The number of benzene rings is 2. The smallest absolute Gasteiger partial charge is 0.341 e. The van der Waals surface area contributed by atoms with Crippen LogP contribution >= 0.6 is 0 Å². The number of hydrogen-bond donors (Lipinski definition) is 1. The molecule has 1 N–H and O–H groups in total. The van der Waals surface area contributed by atoms with Crippen LogP contribution in [0.1, 0.15) is 36.0 Å². The molecule has 2 aromatic carbocycles. The lowest BCUT2D eigenvalue weighted by Gasteiger charge is -2.46. The number of likely N-dealkylation sites (tertiary alicyclic amines) is 1. The Morgan fingerprint density at radius 3 is 2.43 bits per heavy atom. The molecule has 0 radical (unpaired) electrons. The van der Waals surface area contributed by atoms with Crippen molar-refractivity contribution >= 4 is 39.9 Å². The number of piperidine rings is 2. The summed E-state index contributed by atoms with van der Waals surface area (Å²) < 4.78 is 12.7. The number of hydrogen-bond acceptors (Lipinski definition) is 10. The molecule has 0 amide bonds. The number of esters is 1. The second-order valence-corrected chi connectivity index (χ2v) is 11.8. The van der Waals surface area contributed by atoms with E-state index in [1.807, 2.05) is 42.1 Å². The standard InChI is InChI=1S/C32H37N7O5/c1-36-13-9-32(10-14-36)11-15-38(16-12-32)26-18-28(43-3)24(17-27(26)39(41)42)34-31-33-19-22(30(40)44-4)29(35-31)23-20-37(2)25-8-6-5-7-21(23)25/h5-8,17-20H,9-16H2,1-4H3,(H,33,34,35). The molecule has 12 nitrogen and oxygen atoms in total. The van der Waals surface area contributed by atoms with Crippen molar-refractivity contribution in [3.05, 3.63) is 64.5 Å². The van der Waals surface area contributed by atoms with Crippen LogP contribution in [-0.2, 0) is 11.8 Å². The van der Waals surface area contributed by atoms with Crippen LogP contribution in [0.25, 0.3) is 22.2 Å². The molecule has 44 heavy (non-hydrogen) atoms. The number of ether oxygens (including phenoxy) is 2. The summed E-state index contributed by atoms with van der Waals surface area (Å²) in [4.78, 5) is 38.2. The number of aromatic nitrogens is 3. The van der Waals surface area contributed by atoms with E-state index in [2.05, 4.69) is 27.1 Å². The maximum atomic E-state index is 12.7. The Bertz CT molecular complexity index is 1720. The van der Waals surface area contributed by atoms with E-state index < -0.39 is 5.97 Å². The lowest BCUT2D eigenvalue weighted by molar-refractivity contribution is -0.384. The van der Waals surface area contributed by atoms with Crippen LogP contribution in [0.15, 0.2) is 48.8 Å². The van der Waals surface area contributed by atoms with Crippen LogP contribution in [-0.4, -0.2) is 77.8 Å². The van der Waals surface area contributed by atoms with Gasteiger partial charge in [0.15, 0.2) is 0 Å². The molecule has 4 heterocycles. The number of nitrogens with zero attached hydrogens (tertiary/aromatic N) is 6. The number of methoxy groups -OCH3 is 2. The third-order valence-corrected chi connectivity index (χ3v) is 9.30. The van der Waals surface area contributed by atoms with Crippen LogP contribution in [0, 0.1) is 15.5 Å². The van der Waals surface area contributed by atoms with Gasteiger partial charge in [-0.05, 0) is 57.3 Å². The number of rotatable bonds is 7. The molecular formula is C32H37N7O5. The highest BCUT2D eigenvalue weighted by molar-refractivity contribution is 6.03. The summed E-state index contributed by atoms with van der Waals surface area (Å²) >= 11 is 0. The number of nitro groups is 1. The van der Waals surface area contributed by atoms with E-state index in [1.165, 1.54) is 39.3 Å². The fourth-order valence-electron chi connectivity index (χ4n) is 6.60. The van der Waals surface area contributed by atoms with E-state index in [9.17, 15) is 14.9 Å². The maximum absolute atomic E-state index is 12.7. The van der Waals surface area contributed by atoms with Gasteiger partial charge in [0.05, 0.1) is 30.5 Å². The van der Waals surface area contributed by atoms with Gasteiger partial charge >= 0.3 is 5.97 Å². The number of nitro benzene ring substituents is 1. The highest BCUT2D eigenvalue weighted by Gasteiger charge is 2.38. The van der Waals surface area contributed by atoms with Crippen LogP contribution in [0.3, 0.4) is 0 Å². The summed E-state index contributed by atoms with van der Waals surface area (Å²) in [6.45, 7) is 3.71. The van der Waals surface area contributed by atoms with Crippen molar-refractivity contribution in [1.82, 2.24) is 19.4 Å². The molecule has 2 aliphatic rings. The Morgan fingerprint density at radius 2 is 1.75 bits per heavy atom. The lowest BCUT2D eigenvalue weighted by Crippen LogP contribution is -2.46. The first-order valence-electron chi connectivity index (χ1n) is 14.8. The topological polar surface area (TPSA) is 128 Å². The Kier molecular flexibility index (Phi) is 7.85. The zero-order valence-electron chi connectivity index (χ0n) is 25.5. The zero-order valence-corrected chi connectivity index (χ0v) is 25.5. The Hall–Kier alpha value is -4.71.